The van der Waals surface area contributed by atoms with E-state index < -0.39 is 0 Å². The van der Waals surface area contributed by atoms with Gasteiger partial charge in [0, 0.05) is 116 Å². The fourth-order valence-corrected chi connectivity index (χ4v) is 14.8. The monoisotopic (exact) mass is 1230 g/mol. The molecule has 3 aromatic heterocycles. The van der Waals surface area contributed by atoms with Gasteiger partial charge in [0.05, 0.1) is 27.2 Å². The van der Waals surface area contributed by atoms with Crippen molar-refractivity contribution >= 4 is 142 Å². The van der Waals surface area contributed by atoms with Crippen molar-refractivity contribution in [3.8, 4) is 5.69 Å². The molecule has 0 amide bonds. The number of hydrogen-bond donors (Lipinski definition) is 0. The molecule has 8 heteroatoms. The minimum absolute atomic E-state index is 0.628. The van der Waals surface area contributed by atoms with Gasteiger partial charge in [0.15, 0.2) is 0 Å². The summed E-state index contributed by atoms with van der Waals surface area (Å²) in [6, 6.07) is 107. The Hall–Kier alpha value is -11.2. The second-order valence-corrected chi connectivity index (χ2v) is 24.8. The van der Waals surface area contributed by atoms with E-state index in [1.54, 1.807) is 0 Å². The fourth-order valence-electron chi connectivity index (χ4n) is 12.5. The Morgan fingerprint density at radius 1 is 0.391 bits per heavy atom. The van der Waals surface area contributed by atoms with Gasteiger partial charge in [-0.2, -0.15) is 0 Å². The molecule has 6 nitrogen and oxygen atoms in total. The van der Waals surface area contributed by atoms with Crippen molar-refractivity contribution in [3.05, 3.63) is 346 Å². The number of ether oxygens (including phenoxy) is 1. The van der Waals surface area contributed by atoms with Gasteiger partial charge in [0.25, 0.3) is 0 Å². The number of thiophene rings is 2. The molecule has 0 atom stereocenters. The van der Waals surface area contributed by atoms with Crippen LogP contribution in [-0.4, -0.2) is 11.1 Å². The van der Waals surface area contributed by atoms with Crippen LogP contribution in [-0.2, 0) is 4.74 Å². The normalized spacial score (nSPS) is 11.7. The van der Waals surface area contributed by atoms with E-state index in [1.807, 2.05) is 79.9 Å². The summed E-state index contributed by atoms with van der Waals surface area (Å²) in [4.78, 5) is 9.28. The van der Waals surface area contributed by atoms with Crippen molar-refractivity contribution in [3.63, 3.8) is 0 Å². The van der Waals surface area contributed by atoms with Crippen LogP contribution in [0, 0.1) is 0 Å². The number of hydrogen-bond acceptors (Lipinski definition) is 7. The van der Waals surface area contributed by atoms with E-state index in [4.69, 9.17) is 4.74 Å². The van der Waals surface area contributed by atoms with Crippen LogP contribution in [0.1, 0.15) is 20.8 Å². The molecule has 15 rings (SSSR count). The zero-order valence-corrected chi connectivity index (χ0v) is 53.2. The number of benzene rings is 12. The van der Waals surface area contributed by atoms with Gasteiger partial charge >= 0.3 is 0 Å². The van der Waals surface area contributed by atoms with Gasteiger partial charge in [0.2, 0.25) is 0 Å². The summed E-state index contributed by atoms with van der Waals surface area (Å²) < 4.78 is 13.1. The van der Waals surface area contributed by atoms with Crippen LogP contribution in [0.3, 0.4) is 0 Å². The van der Waals surface area contributed by atoms with Crippen molar-refractivity contribution < 1.29 is 4.74 Å². The molecule has 0 aliphatic rings. The highest BCUT2D eigenvalue weighted by molar-refractivity contribution is 7.26. The Labute approximate surface area is 545 Å². The van der Waals surface area contributed by atoms with Gasteiger partial charge in [0.1, 0.15) is 5.76 Å². The molecule has 0 saturated carbocycles. The lowest BCUT2D eigenvalue weighted by molar-refractivity contribution is 0.323. The van der Waals surface area contributed by atoms with E-state index in [9.17, 15) is 0 Å². The van der Waals surface area contributed by atoms with E-state index in [-0.39, 0.29) is 0 Å². The van der Waals surface area contributed by atoms with Crippen LogP contribution in [0.2, 0.25) is 0 Å². The molecular weight excluding hydrogens is 1160 g/mol. The average Bonchev–Trinajstić information content (AvgIpc) is 1.58. The molecule has 3 heterocycles. The molecular formula is C84H67N5OS2. The number of para-hydroxylation sites is 6. The topological polar surface area (TPSA) is 27.1 Å². The average molecular weight is 1230 g/mol. The summed E-state index contributed by atoms with van der Waals surface area (Å²) in [6.45, 7) is 14.4. The maximum atomic E-state index is 5.57. The van der Waals surface area contributed by atoms with Crippen molar-refractivity contribution in [2.24, 2.45) is 0 Å². The standard InChI is InChI=1S/C66H44N4S2.C18H23NO/c1-6-19-45(20-7-1)67(46-21-8-2-9-22-46)50-34-38-60-57(41-50)58-42-51(35-39-61(58)70(60)62-31-18-30-56-54-29-16-17-32-63(54)72-66(56)62)69(49-27-14-5-15-28-49)52-36-40-64-59(43-52)55-37-33-53(44-65(55)71-64)68(47-23-10-3-11-24-47)48-25-12-4-13-26-48;1-6-13-19(18-11-9-8-10-12-18)15(3)14-17(5)20-16(4)7-2/h1-44H;6-12,14H,1,5,13H2,2-4H3/b;15-14+,16-7+. The third-order valence-electron chi connectivity index (χ3n) is 16.8. The van der Waals surface area contributed by atoms with Crippen LogP contribution in [0.4, 0.5) is 56.9 Å². The minimum Gasteiger partial charge on any atom is -0.463 e. The molecule has 12 aromatic carbocycles. The molecule has 0 radical (unpaired) electrons. The van der Waals surface area contributed by atoms with Gasteiger partial charge in [-0.15, -0.1) is 29.3 Å². The number of rotatable bonds is 17. The molecule has 0 N–H and O–H groups in total. The minimum atomic E-state index is 0.628. The number of nitrogens with zero attached hydrogens (tertiary/aromatic N) is 5. The summed E-state index contributed by atoms with van der Waals surface area (Å²) in [7, 11) is 0. The van der Waals surface area contributed by atoms with E-state index >= 15 is 0 Å². The Kier molecular flexibility index (Phi) is 16.6. The number of aromatic nitrogens is 1. The number of allylic oxidation sites excluding steroid dienone is 4. The number of fused-ring (bicyclic) bond motifs is 9. The molecule has 0 fully saturated rings. The lowest BCUT2D eigenvalue weighted by atomic mass is 10.1. The first kappa shape index (κ1) is 58.5. The third-order valence-corrected chi connectivity index (χ3v) is 19.1. The van der Waals surface area contributed by atoms with Crippen LogP contribution < -0.4 is 19.6 Å². The van der Waals surface area contributed by atoms with E-state index in [2.05, 4.69) is 316 Å². The smallest absolute Gasteiger partial charge is 0.121 e. The lowest BCUT2D eigenvalue weighted by Gasteiger charge is -2.26. The maximum absolute atomic E-state index is 5.57. The Morgan fingerprint density at radius 2 is 0.804 bits per heavy atom. The highest BCUT2D eigenvalue weighted by atomic mass is 32.1. The van der Waals surface area contributed by atoms with Gasteiger partial charge in [-0.1, -0.05) is 158 Å². The third kappa shape index (κ3) is 11.6. The van der Waals surface area contributed by atoms with Crippen molar-refractivity contribution in [1.29, 1.82) is 0 Å². The largest absolute Gasteiger partial charge is 0.463 e. The fraction of sp³-hybridized carbons (Fsp3) is 0.0476. The van der Waals surface area contributed by atoms with Crippen molar-refractivity contribution in [1.82, 2.24) is 4.57 Å². The molecule has 446 valence electrons. The van der Waals surface area contributed by atoms with E-state index in [1.165, 1.54) is 56.8 Å². The predicted molar refractivity (Wildman–Crippen MR) is 398 cm³/mol. The second-order valence-electron chi connectivity index (χ2n) is 22.6. The summed E-state index contributed by atoms with van der Waals surface area (Å²) in [5.74, 6) is 1.47. The SMILES string of the molecule is C=CCN(/C(C)=C/C(=C)O/C(C)=C/C)c1ccccc1.c1ccc(N(c2ccccc2)c2ccc3c(c2)sc2ccc(N(c4ccccc4)c4ccc5c(c4)c4cc(N(c6ccccc6)c6ccccc6)ccc4n5-c4cccc5c4sc4ccccc45)cc23)cc1. The van der Waals surface area contributed by atoms with Crippen LogP contribution in [0.15, 0.2) is 346 Å². The van der Waals surface area contributed by atoms with Gasteiger partial charge in [-0.05, 0) is 185 Å². The first-order chi connectivity index (χ1) is 45.3. The molecule has 0 aliphatic carbocycles. The highest BCUT2D eigenvalue weighted by Crippen LogP contribution is 2.47. The van der Waals surface area contributed by atoms with Crippen LogP contribution >= 0.6 is 22.7 Å². The van der Waals surface area contributed by atoms with E-state index in [0.29, 0.717) is 5.76 Å². The highest BCUT2D eigenvalue weighted by Gasteiger charge is 2.23. The molecule has 0 aliphatic heterocycles. The van der Waals surface area contributed by atoms with E-state index in [0.717, 1.165) is 85.9 Å². The maximum Gasteiger partial charge on any atom is 0.121 e. The van der Waals surface area contributed by atoms with Crippen LogP contribution in [0.25, 0.3) is 67.8 Å². The molecule has 0 spiro atoms. The number of anilines is 10. The summed E-state index contributed by atoms with van der Waals surface area (Å²) in [6.07, 6.45) is 5.72. The Balaban J connectivity index is 0.000000317. The summed E-state index contributed by atoms with van der Waals surface area (Å²) >= 11 is 3.72. The first-order valence-corrected chi connectivity index (χ1v) is 32.7. The second kappa shape index (κ2) is 26.1. The summed E-state index contributed by atoms with van der Waals surface area (Å²) in [5.41, 5.74) is 15.7. The Bertz CT molecular complexity index is 5110. The zero-order chi connectivity index (χ0) is 62.5. The van der Waals surface area contributed by atoms with Gasteiger partial charge in [-0.3, -0.25) is 0 Å². The Morgan fingerprint density at radius 3 is 1.32 bits per heavy atom. The molecule has 15 aromatic rings. The first-order valence-electron chi connectivity index (χ1n) is 31.0. The predicted octanol–water partition coefficient (Wildman–Crippen LogP) is 25.0. The van der Waals surface area contributed by atoms with Crippen LogP contribution in [0.5, 0.6) is 0 Å². The quantitative estimate of drug-likeness (QED) is 0.0514. The van der Waals surface area contributed by atoms with Gasteiger partial charge in [-0.25, -0.2) is 0 Å². The molecule has 0 bridgehead atoms. The summed E-state index contributed by atoms with van der Waals surface area (Å²) in [5, 5.41) is 7.43. The molecule has 0 unspecified atom stereocenters. The van der Waals surface area contributed by atoms with Crippen molar-refractivity contribution in [2.75, 3.05) is 26.1 Å². The zero-order valence-electron chi connectivity index (χ0n) is 51.6. The van der Waals surface area contributed by atoms with Gasteiger partial charge < -0.3 is 28.9 Å². The lowest BCUT2D eigenvalue weighted by Crippen LogP contribution is -2.20. The molecule has 92 heavy (non-hydrogen) atoms. The molecule has 0 saturated heterocycles. The van der Waals surface area contributed by atoms with Crippen molar-refractivity contribution in [2.45, 2.75) is 20.8 Å².